The lowest BCUT2D eigenvalue weighted by molar-refractivity contribution is 0.0646. The molecule has 0 radical (unpaired) electrons. The molecule has 2 heterocycles. The van der Waals surface area contributed by atoms with Gasteiger partial charge >= 0.3 is 0 Å². The van der Waals surface area contributed by atoms with Gasteiger partial charge in [0.05, 0.1) is 43.1 Å². The lowest BCUT2D eigenvalue weighted by atomic mass is 10.0. The van der Waals surface area contributed by atoms with Crippen LogP contribution in [0.2, 0.25) is 0 Å². The average Bonchev–Trinajstić information content (AvgIpc) is 2.94. The number of amides is 1. The highest BCUT2D eigenvalue weighted by Crippen LogP contribution is 2.16. The number of carbonyl (C=O) groups is 1. The van der Waals surface area contributed by atoms with E-state index in [1.807, 2.05) is 44.2 Å². The van der Waals surface area contributed by atoms with Crippen LogP contribution in [0.5, 0.6) is 0 Å². The second-order valence-corrected chi connectivity index (χ2v) is 11.9. The van der Waals surface area contributed by atoms with E-state index in [-0.39, 0.29) is 24.6 Å². The molecule has 0 spiro atoms. The van der Waals surface area contributed by atoms with Gasteiger partial charge in [0.1, 0.15) is 12.0 Å². The third kappa shape index (κ3) is 8.27. The van der Waals surface area contributed by atoms with Crippen LogP contribution in [0.4, 0.5) is 4.39 Å². The fraction of sp³-hybridized carbons (Fsp3) is 0.333. The summed E-state index contributed by atoms with van der Waals surface area (Å²) in [6.07, 6.45) is 2.53. The molecule has 2 aromatic carbocycles. The Labute approximate surface area is 238 Å². The number of hydrogen-bond acceptors (Lipinski definition) is 7. The summed E-state index contributed by atoms with van der Waals surface area (Å²) in [5, 5.41) is 0.453. The molecule has 11 heteroatoms. The Morgan fingerprint density at radius 2 is 1.78 bits per heavy atom. The van der Waals surface area contributed by atoms with Crippen molar-refractivity contribution < 1.29 is 21.8 Å². The second kappa shape index (κ2) is 13.1. The van der Waals surface area contributed by atoms with Crippen molar-refractivity contribution in [2.45, 2.75) is 33.0 Å². The molecule has 4 rings (SSSR count). The first kappa shape index (κ1) is 30.0. The molecule has 0 aliphatic rings. The first-order chi connectivity index (χ1) is 19.5. The fourth-order valence-corrected chi connectivity index (χ4v) is 4.96. The SMILES string of the molecule is Cc1ccc(C(=O)N(CC(C)Cc2nc3cnccc3c(=O)n2Cc2ccccc2)CC(F)COS(C)(=O)=O)cc1. The number of pyridine rings is 1. The minimum atomic E-state index is -3.84. The predicted molar refractivity (Wildman–Crippen MR) is 155 cm³/mol. The van der Waals surface area contributed by atoms with Crippen LogP contribution in [-0.4, -0.2) is 65.9 Å². The highest BCUT2D eigenvalue weighted by atomic mass is 32.2. The van der Waals surface area contributed by atoms with Gasteiger partial charge in [0, 0.05) is 24.7 Å². The van der Waals surface area contributed by atoms with Crippen molar-refractivity contribution in [2.75, 3.05) is 26.0 Å². The summed E-state index contributed by atoms with van der Waals surface area (Å²) >= 11 is 0. The standard InChI is InChI=1S/C30H33FN4O5S/c1-21-9-11-24(12-10-21)29(36)34(19-25(31)20-40-41(3,38)39)17-22(2)15-28-33-27-16-32-14-13-26(27)30(37)35(28)18-23-7-5-4-6-8-23/h4-14,16,22,25H,15,17-20H2,1-3H3. The number of carbonyl (C=O) groups excluding carboxylic acids is 1. The van der Waals surface area contributed by atoms with Gasteiger partial charge < -0.3 is 4.90 Å². The molecule has 216 valence electrons. The van der Waals surface area contributed by atoms with Crippen LogP contribution >= 0.6 is 0 Å². The molecule has 0 aliphatic heterocycles. The molecule has 2 atom stereocenters. The summed E-state index contributed by atoms with van der Waals surface area (Å²) in [7, 11) is -3.84. The average molecular weight is 581 g/mol. The largest absolute Gasteiger partial charge is 0.335 e. The van der Waals surface area contributed by atoms with E-state index in [1.54, 1.807) is 47.3 Å². The molecule has 0 N–H and O–H groups in total. The molecule has 0 aliphatic carbocycles. The second-order valence-electron chi connectivity index (χ2n) is 10.3. The number of hydrogen-bond donors (Lipinski definition) is 0. The Morgan fingerprint density at radius 3 is 2.46 bits per heavy atom. The number of nitrogens with zero attached hydrogens (tertiary/aromatic N) is 4. The summed E-state index contributed by atoms with van der Waals surface area (Å²) in [5.74, 6) is -0.113. The van der Waals surface area contributed by atoms with Crippen molar-refractivity contribution >= 4 is 26.9 Å². The van der Waals surface area contributed by atoms with Crippen LogP contribution < -0.4 is 5.56 Å². The van der Waals surface area contributed by atoms with Crippen molar-refractivity contribution in [3.05, 3.63) is 106 Å². The van der Waals surface area contributed by atoms with E-state index in [4.69, 9.17) is 4.98 Å². The lowest BCUT2D eigenvalue weighted by Crippen LogP contribution is -2.41. The van der Waals surface area contributed by atoms with Crippen LogP contribution in [0.25, 0.3) is 10.9 Å². The Bertz CT molecular complexity index is 1660. The molecule has 1 amide bonds. The number of aromatic nitrogens is 3. The summed E-state index contributed by atoms with van der Waals surface area (Å²) in [5.41, 5.74) is 2.56. The highest BCUT2D eigenvalue weighted by molar-refractivity contribution is 7.85. The number of benzene rings is 2. The van der Waals surface area contributed by atoms with E-state index in [0.29, 0.717) is 35.3 Å². The summed E-state index contributed by atoms with van der Waals surface area (Å²) < 4.78 is 43.9. The maximum atomic E-state index is 14.9. The van der Waals surface area contributed by atoms with Crippen molar-refractivity contribution in [1.82, 2.24) is 19.4 Å². The van der Waals surface area contributed by atoms with E-state index in [1.165, 1.54) is 4.90 Å². The Hall–Kier alpha value is -3.96. The molecule has 41 heavy (non-hydrogen) atoms. The van der Waals surface area contributed by atoms with E-state index in [2.05, 4.69) is 9.17 Å². The van der Waals surface area contributed by atoms with Crippen LogP contribution in [0, 0.1) is 12.8 Å². The smallest absolute Gasteiger partial charge is 0.264 e. The molecule has 0 bridgehead atoms. The molecule has 0 saturated heterocycles. The summed E-state index contributed by atoms with van der Waals surface area (Å²) in [6.45, 7) is 3.18. The molecule has 0 fully saturated rings. The number of halogens is 1. The molecule has 0 saturated carbocycles. The van der Waals surface area contributed by atoms with Crippen molar-refractivity contribution in [1.29, 1.82) is 0 Å². The minimum Gasteiger partial charge on any atom is -0.335 e. The highest BCUT2D eigenvalue weighted by Gasteiger charge is 2.24. The van der Waals surface area contributed by atoms with Gasteiger partial charge in [0.15, 0.2) is 0 Å². The first-order valence-electron chi connectivity index (χ1n) is 13.2. The van der Waals surface area contributed by atoms with Crippen LogP contribution in [0.3, 0.4) is 0 Å². The van der Waals surface area contributed by atoms with E-state index >= 15 is 0 Å². The fourth-order valence-electron chi connectivity index (χ4n) is 4.56. The summed E-state index contributed by atoms with van der Waals surface area (Å²) in [4.78, 5) is 37.1. The van der Waals surface area contributed by atoms with E-state index in [9.17, 15) is 22.4 Å². The molecular weight excluding hydrogens is 547 g/mol. The lowest BCUT2D eigenvalue weighted by Gasteiger charge is -2.28. The summed E-state index contributed by atoms with van der Waals surface area (Å²) in [6, 6.07) is 18.1. The third-order valence-electron chi connectivity index (χ3n) is 6.55. The van der Waals surface area contributed by atoms with Crippen LogP contribution in [0.1, 0.15) is 34.2 Å². The van der Waals surface area contributed by atoms with Crippen molar-refractivity contribution in [3.8, 4) is 0 Å². The van der Waals surface area contributed by atoms with Crippen LogP contribution in [-0.2, 0) is 27.3 Å². The zero-order valence-corrected chi connectivity index (χ0v) is 24.1. The molecule has 9 nitrogen and oxygen atoms in total. The molecule has 2 unspecified atom stereocenters. The van der Waals surface area contributed by atoms with Crippen molar-refractivity contribution in [2.24, 2.45) is 5.92 Å². The van der Waals surface area contributed by atoms with Crippen molar-refractivity contribution in [3.63, 3.8) is 0 Å². The predicted octanol–water partition coefficient (Wildman–Crippen LogP) is 3.78. The zero-order chi connectivity index (χ0) is 29.6. The topological polar surface area (TPSA) is 111 Å². The number of fused-ring (bicyclic) bond motifs is 1. The van der Waals surface area contributed by atoms with Gasteiger partial charge in [-0.3, -0.25) is 23.3 Å². The normalized spacial score (nSPS) is 13.2. The van der Waals surface area contributed by atoms with E-state index < -0.39 is 28.8 Å². The van der Waals surface area contributed by atoms with E-state index in [0.717, 1.165) is 17.4 Å². The molecule has 2 aromatic heterocycles. The maximum Gasteiger partial charge on any atom is 0.264 e. The molecule has 4 aromatic rings. The van der Waals surface area contributed by atoms with Gasteiger partial charge in [-0.15, -0.1) is 0 Å². The monoisotopic (exact) mass is 580 g/mol. The molecular formula is C30H33FN4O5S. The van der Waals surface area contributed by atoms with Gasteiger partial charge in [-0.2, -0.15) is 8.42 Å². The zero-order valence-electron chi connectivity index (χ0n) is 23.2. The minimum absolute atomic E-state index is 0.137. The van der Waals surface area contributed by atoms with Gasteiger partial charge in [0.2, 0.25) is 0 Å². The number of aryl methyl sites for hydroxylation is 1. The Morgan fingerprint density at radius 1 is 1.07 bits per heavy atom. The number of rotatable bonds is 12. The Balaban J connectivity index is 1.61. The quantitative estimate of drug-likeness (QED) is 0.235. The number of alkyl halides is 1. The van der Waals surface area contributed by atoms with Gasteiger partial charge in [0.25, 0.3) is 21.6 Å². The van der Waals surface area contributed by atoms with Gasteiger partial charge in [-0.1, -0.05) is 55.0 Å². The van der Waals surface area contributed by atoms with Crippen LogP contribution in [0.15, 0.2) is 77.9 Å². The Kier molecular flexibility index (Phi) is 9.61. The first-order valence-corrected chi connectivity index (χ1v) is 15.0. The maximum absolute atomic E-state index is 14.9. The van der Waals surface area contributed by atoms with Gasteiger partial charge in [-0.05, 0) is 36.6 Å². The van der Waals surface area contributed by atoms with Gasteiger partial charge in [-0.25, -0.2) is 9.37 Å². The third-order valence-corrected chi connectivity index (χ3v) is 7.11.